The Morgan fingerprint density at radius 1 is 1.44 bits per heavy atom. The van der Waals surface area contributed by atoms with E-state index in [-0.39, 0.29) is 24.5 Å². The standard InChI is InChI=1S/C12H15F2NO3/c1-3-17-10(16)6-8-4-7(2)11(15)9(5-8)18-12(13)14/h4-5,12H,3,6,15H2,1-2H3. The maximum absolute atomic E-state index is 12.2. The quantitative estimate of drug-likeness (QED) is 0.651. The topological polar surface area (TPSA) is 61.5 Å². The minimum Gasteiger partial charge on any atom is -0.466 e. The number of carbonyl (C=O) groups excluding carboxylic acids is 1. The fraction of sp³-hybridized carbons (Fsp3) is 0.417. The van der Waals surface area contributed by atoms with E-state index in [9.17, 15) is 13.6 Å². The first-order valence-electron chi connectivity index (χ1n) is 5.43. The predicted octanol–water partition coefficient (Wildman–Crippen LogP) is 2.28. The zero-order chi connectivity index (χ0) is 13.7. The van der Waals surface area contributed by atoms with Gasteiger partial charge in [0.25, 0.3) is 0 Å². The van der Waals surface area contributed by atoms with Crippen LogP contribution in [0.5, 0.6) is 5.75 Å². The number of aryl methyl sites for hydroxylation is 1. The van der Waals surface area contributed by atoms with Crippen LogP contribution in [-0.4, -0.2) is 19.2 Å². The molecule has 0 aliphatic heterocycles. The summed E-state index contributed by atoms with van der Waals surface area (Å²) in [5.74, 6) is -0.547. The van der Waals surface area contributed by atoms with E-state index in [0.29, 0.717) is 11.1 Å². The number of benzene rings is 1. The second-order valence-corrected chi connectivity index (χ2v) is 3.68. The van der Waals surface area contributed by atoms with Gasteiger partial charge in [0, 0.05) is 0 Å². The number of alkyl halides is 2. The second kappa shape index (κ2) is 6.18. The van der Waals surface area contributed by atoms with Crippen LogP contribution in [-0.2, 0) is 16.0 Å². The van der Waals surface area contributed by atoms with E-state index < -0.39 is 12.6 Å². The van der Waals surface area contributed by atoms with Gasteiger partial charge in [0.1, 0.15) is 5.75 Å². The molecule has 0 spiro atoms. The van der Waals surface area contributed by atoms with Crippen LogP contribution in [0.25, 0.3) is 0 Å². The van der Waals surface area contributed by atoms with Crippen LogP contribution in [0.15, 0.2) is 12.1 Å². The van der Waals surface area contributed by atoms with E-state index >= 15 is 0 Å². The molecule has 0 saturated heterocycles. The van der Waals surface area contributed by atoms with E-state index in [2.05, 4.69) is 4.74 Å². The Hall–Kier alpha value is -1.85. The lowest BCUT2D eigenvalue weighted by Crippen LogP contribution is -2.10. The molecule has 0 radical (unpaired) electrons. The Balaban J connectivity index is 2.93. The minimum atomic E-state index is -2.95. The van der Waals surface area contributed by atoms with Gasteiger partial charge >= 0.3 is 12.6 Å². The number of rotatable bonds is 5. The Morgan fingerprint density at radius 3 is 2.67 bits per heavy atom. The molecule has 0 saturated carbocycles. The molecule has 0 aliphatic rings. The van der Waals surface area contributed by atoms with Gasteiger partial charge in [-0.05, 0) is 31.0 Å². The highest BCUT2D eigenvalue weighted by Gasteiger charge is 2.13. The highest BCUT2D eigenvalue weighted by atomic mass is 19.3. The van der Waals surface area contributed by atoms with Crippen molar-refractivity contribution in [3.05, 3.63) is 23.3 Å². The molecule has 0 bridgehead atoms. The van der Waals surface area contributed by atoms with Crippen molar-refractivity contribution in [3.8, 4) is 5.75 Å². The third-order valence-electron chi connectivity index (χ3n) is 2.28. The van der Waals surface area contributed by atoms with Gasteiger partial charge in [0.05, 0.1) is 18.7 Å². The molecule has 0 aromatic heterocycles. The van der Waals surface area contributed by atoms with Crippen LogP contribution < -0.4 is 10.5 Å². The molecule has 0 unspecified atom stereocenters. The highest BCUT2D eigenvalue weighted by Crippen LogP contribution is 2.28. The molecular weight excluding hydrogens is 244 g/mol. The number of anilines is 1. The second-order valence-electron chi connectivity index (χ2n) is 3.68. The summed E-state index contributed by atoms with van der Waals surface area (Å²) in [5.41, 5.74) is 6.86. The van der Waals surface area contributed by atoms with Crippen molar-refractivity contribution in [2.45, 2.75) is 26.9 Å². The number of ether oxygens (including phenoxy) is 2. The highest BCUT2D eigenvalue weighted by molar-refractivity contribution is 5.73. The summed E-state index contributed by atoms with van der Waals surface area (Å²) in [5, 5.41) is 0. The fourth-order valence-electron chi connectivity index (χ4n) is 1.51. The Morgan fingerprint density at radius 2 is 2.11 bits per heavy atom. The molecule has 0 fully saturated rings. The van der Waals surface area contributed by atoms with Gasteiger partial charge in [0.2, 0.25) is 0 Å². The molecule has 100 valence electrons. The van der Waals surface area contributed by atoms with Crippen molar-refractivity contribution in [1.82, 2.24) is 0 Å². The summed E-state index contributed by atoms with van der Waals surface area (Å²) in [4.78, 5) is 11.3. The Labute approximate surface area is 104 Å². The summed E-state index contributed by atoms with van der Waals surface area (Å²) in [7, 11) is 0. The first kappa shape index (κ1) is 14.2. The fourth-order valence-corrected chi connectivity index (χ4v) is 1.51. The van der Waals surface area contributed by atoms with Gasteiger partial charge in [-0.15, -0.1) is 0 Å². The van der Waals surface area contributed by atoms with E-state index in [0.717, 1.165) is 0 Å². The number of esters is 1. The monoisotopic (exact) mass is 259 g/mol. The predicted molar refractivity (Wildman–Crippen MR) is 62.6 cm³/mol. The van der Waals surface area contributed by atoms with Gasteiger partial charge in [0.15, 0.2) is 0 Å². The molecule has 0 heterocycles. The van der Waals surface area contributed by atoms with Crippen molar-refractivity contribution in [3.63, 3.8) is 0 Å². The van der Waals surface area contributed by atoms with Crippen molar-refractivity contribution in [2.75, 3.05) is 12.3 Å². The Kier molecular flexibility index (Phi) is 4.88. The average Bonchev–Trinajstić information content (AvgIpc) is 2.24. The van der Waals surface area contributed by atoms with Crippen molar-refractivity contribution < 1.29 is 23.0 Å². The van der Waals surface area contributed by atoms with Crippen LogP contribution in [0, 0.1) is 6.92 Å². The van der Waals surface area contributed by atoms with Crippen LogP contribution in [0.2, 0.25) is 0 Å². The van der Waals surface area contributed by atoms with Crippen LogP contribution >= 0.6 is 0 Å². The molecule has 6 heteroatoms. The van der Waals surface area contributed by atoms with Crippen LogP contribution in [0.3, 0.4) is 0 Å². The molecule has 4 nitrogen and oxygen atoms in total. The third-order valence-corrected chi connectivity index (χ3v) is 2.28. The van der Waals surface area contributed by atoms with Gasteiger partial charge in [-0.1, -0.05) is 6.07 Å². The third kappa shape index (κ3) is 3.87. The number of carbonyl (C=O) groups is 1. The molecule has 1 aromatic rings. The van der Waals surface area contributed by atoms with Crippen LogP contribution in [0.4, 0.5) is 14.5 Å². The lowest BCUT2D eigenvalue weighted by molar-refractivity contribution is -0.142. The summed E-state index contributed by atoms with van der Waals surface area (Å²) in [6.07, 6.45) is -0.00540. The lowest BCUT2D eigenvalue weighted by Gasteiger charge is -2.12. The lowest BCUT2D eigenvalue weighted by atomic mass is 10.1. The van der Waals surface area contributed by atoms with E-state index in [1.807, 2.05) is 0 Å². The summed E-state index contributed by atoms with van der Waals surface area (Å²) in [6, 6.07) is 2.97. The zero-order valence-electron chi connectivity index (χ0n) is 10.2. The number of halogens is 2. The van der Waals surface area contributed by atoms with E-state index in [4.69, 9.17) is 10.5 Å². The molecule has 0 aliphatic carbocycles. The van der Waals surface area contributed by atoms with Crippen molar-refractivity contribution in [2.24, 2.45) is 0 Å². The molecule has 18 heavy (non-hydrogen) atoms. The number of hydrogen-bond acceptors (Lipinski definition) is 4. The normalized spacial score (nSPS) is 10.5. The molecule has 1 aromatic carbocycles. The van der Waals surface area contributed by atoms with Gasteiger partial charge < -0.3 is 15.2 Å². The first-order valence-corrected chi connectivity index (χ1v) is 5.43. The first-order chi connectivity index (χ1) is 8.43. The average molecular weight is 259 g/mol. The zero-order valence-corrected chi connectivity index (χ0v) is 10.2. The number of nitrogens with two attached hydrogens (primary N) is 1. The van der Waals surface area contributed by atoms with E-state index in [1.54, 1.807) is 19.9 Å². The molecular formula is C12H15F2NO3. The van der Waals surface area contributed by atoms with Gasteiger partial charge in [-0.2, -0.15) is 8.78 Å². The molecule has 2 N–H and O–H groups in total. The van der Waals surface area contributed by atoms with Crippen LogP contribution in [0.1, 0.15) is 18.1 Å². The van der Waals surface area contributed by atoms with Crippen molar-refractivity contribution >= 4 is 11.7 Å². The summed E-state index contributed by atoms with van der Waals surface area (Å²) >= 11 is 0. The Bertz CT molecular complexity index is 436. The largest absolute Gasteiger partial charge is 0.466 e. The minimum absolute atomic E-state index is 0.00540. The van der Waals surface area contributed by atoms with Gasteiger partial charge in [-0.25, -0.2) is 0 Å². The summed E-state index contributed by atoms with van der Waals surface area (Å²) < 4.78 is 33.4. The molecule has 0 atom stereocenters. The number of nitrogen functional groups attached to an aromatic ring is 1. The maximum atomic E-state index is 12.2. The van der Waals surface area contributed by atoms with Gasteiger partial charge in [-0.3, -0.25) is 4.79 Å². The maximum Gasteiger partial charge on any atom is 0.387 e. The molecule has 1 rings (SSSR count). The van der Waals surface area contributed by atoms with E-state index in [1.165, 1.54) is 6.07 Å². The molecule has 0 amide bonds. The summed E-state index contributed by atoms with van der Waals surface area (Å²) in [6.45, 7) is 0.664. The SMILES string of the molecule is CCOC(=O)Cc1cc(C)c(N)c(OC(F)F)c1. The smallest absolute Gasteiger partial charge is 0.387 e. The number of hydrogen-bond donors (Lipinski definition) is 1. The van der Waals surface area contributed by atoms with Crippen molar-refractivity contribution in [1.29, 1.82) is 0 Å².